The summed E-state index contributed by atoms with van der Waals surface area (Å²) in [5.41, 5.74) is 0. The van der Waals surface area contributed by atoms with Gasteiger partial charge in [0.15, 0.2) is 0 Å². The molecule has 0 radical (unpaired) electrons. The van der Waals surface area contributed by atoms with E-state index in [-0.39, 0.29) is 6.04 Å². The monoisotopic (exact) mass is 311 g/mol. The van der Waals surface area contributed by atoms with Crippen LogP contribution in [0.25, 0.3) is 0 Å². The van der Waals surface area contributed by atoms with Crippen LogP contribution in [0, 0.1) is 0 Å². The molecular formula is C17H21N5O. The highest BCUT2D eigenvalue weighted by molar-refractivity contribution is 5.50. The van der Waals surface area contributed by atoms with E-state index in [2.05, 4.69) is 20.2 Å². The highest BCUT2D eigenvalue weighted by Gasteiger charge is 2.35. The van der Waals surface area contributed by atoms with Crippen LogP contribution in [0.4, 0.5) is 11.6 Å². The summed E-state index contributed by atoms with van der Waals surface area (Å²) >= 11 is 0. The molecule has 1 aliphatic heterocycles. The van der Waals surface area contributed by atoms with Crippen molar-refractivity contribution in [2.75, 3.05) is 25.1 Å². The molecule has 2 aromatic heterocycles. The van der Waals surface area contributed by atoms with Crippen LogP contribution in [0.15, 0.2) is 36.7 Å². The first-order chi connectivity index (χ1) is 11.4. The summed E-state index contributed by atoms with van der Waals surface area (Å²) in [4.78, 5) is 16.0. The van der Waals surface area contributed by atoms with Crippen LogP contribution in [0.3, 0.4) is 0 Å². The van der Waals surface area contributed by atoms with Crippen molar-refractivity contribution >= 4 is 11.6 Å². The van der Waals surface area contributed by atoms with Crippen molar-refractivity contribution in [1.29, 1.82) is 0 Å². The molecule has 0 amide bonds. The van der Waals surface area contributed by atoms with Crippen LogP contribution < -0.4 is 5.32 Å². The Morgan fingerprint density at radius 3 is 2.83 bits per heavy atom. The molecule has 2 aliphatic rings. The Hall–Kier alpha value is -2.05. The van der Waals surface area contributed by atoms with Gasteiger partial charge in [0, 0.05) is 25.0 Å². The summed E-state index contributed by atoms with van der Waals surface area (Å²) in [6.07, 6.45) is 7.46. The number of morpholine rings is 1. The van der Waals surface area contributed by atoms with E-state index in [1.165, 1.54) is 19.3 Å². The Morgan fingerprint density at radius 1 is 1.09 bits per heavy atom. The second kappa shape index (κ2) is 6.60. The third kappa shape index (κ3) is 3.18. The third-order valence-electron chi connectivity index (χ3n) is 4.61. The molecular weight excluding hydrogens is 290 g/mol. The van der Waals surface area contributed by atoms with Crippen molar-refractivity contribution < 1.29 is 4.74 Å². The molecule has 0 aromatic carbocycles. The number of hydrogen-bond acceptors (Lipinski definition) is 6. The van der Waals surface area contributed by atoms with Crippen molar-refractivity contribution in [3.8, 4) is 0 Å². The standard InChI is InChI=1S/C17H21N5O/c1-2-8-18-15(6-1)20-16-7-9-19-17(21-16)14-12-23-11-10-22(14)13-4-3-5-13/h1-2,6-9,13-14H,3-5,10-12H2,(H,18,19,20,21). The number of aromatic nitrogens is 3. The number of hydrogen-bond donors (Lipinski definition) is 1. The number of anilines is 2. The van der Waals surface area contributed by atoms with Gasteiger partial charge in [0.25, 0.3) is 0 Å². The first kappa shape index (κ1) is 14.5. The van der Waals surface area contributed by atoms with E-state index in [0.717, 1.165) is 30.6 Å². The van der Waals surface area contributed by atoms with Crippen LogP contribution >= 0.6 is 0 Å². The van der Waals surface area contributed by atoms with Crippen molar-refractivity contribution in [1.82, 2.24) is 19.9 Å². The molecule has 1 unspecified atom stereocenters. The SMILES string of the molecule is c1ccc(Nc2ccnc(C3COCCN3C3CCC3)n2)nc1. The minimum Gasteiger partial charge on any atom is -0.378 e. The summed E-state index contributed by atoms with van der Waals surface area (Å²) in [6.45, 7) is 2.44. The highest BCUT2D eigenvalue weighted by Crippen LogP contribution is 2.33. The largest absolute Gasteiger partial charge is 0.378 e. The molecule has 0 bridgehead atoms. The van der Waals surface area contributed by atoms with Gasteiger partial charge in [-0.25, -0.2) is 15.0 Å². The molecule has 23 heavy (non-hydrogen) atoms. The van der Waals surface area contributed by atoms with E-state index in [1.54, 1.807) is 12.4 Å². The molecule has 3 heterocycles. The Balaban J connectivity index is 1.54. The molecule has 4 rings (SSSR count). The van der Waals surface area contributed by atoms with Gasteiger partial charge < -0.3 is 10.1 Å². The lowest BCUT2D eigenvalue weighted by Crippen LogP contribution is -2.49. The van der Waals surface area contributed by atoms with E-state index < -0.39 is 0 Å². The highest BCUT2D eigenvalue weighted by atomic mass is 16.5. The van der Waals surface area contributed by atoms with Gasteiger partial charge in [-0.3, -0.25) is 4.90 Å². The number of nitrogens with one attached hydrogen (secondary N) is 1. The molecule has 0 spiro atoms. The quantitative estimate of drug-likeness (QED) is 0.936. The maximum atomic E-state index is 5.69. The number of rotatable bonds is 4. The molecule has 1 saturated carbocycles. The maximum absolute atomic E-state index is 5.69. The fourth-order valence-corrected chi connectivity index (χ4v) is 3.17. The van der Waals surface area contributed by atoms with E-state index in [1.807, 2.05) is 24.3 Å². The van der Waals surface area contributed by atoms with E-state index in [4.69, 9.17) is 9.72 Å². The Morgan fingerprint density at radius 2 is 2.04 bits per heavy atom. The molecule has 6 heteroatoms. The lowest BCUT2D eigenvalue weighted by atomic mass is 9.90. The van der Waals surface area contributed by atoms with E-state index in [9.17, 15) is 0 Å². The Labute approximate surface area is 135 Å². The summed E-state index contributed by atoms with van der Waals surface area (Å²) in [7, 11) is 0. The average molecular weight is 311 g/mol. The summed E-state index contributed by atoms with van der Waals surface area (Å²) < 4.78 is 5.69. The minimum absolute atomic E-state index is 0.152. The van der Waals surface area contributed by atoms with Gasteiger partial charge in [-0.05, 0) is 31.0 Å². The third-order valence-corrected chi connectivity index (χ3v) is 4.61. The summed E-state index contributed by atoms with van der Waals surface area (Å²) in [5.74, 6) is 2.39. The normalized spacial score (nSPS) is 22.5. The predicted octanol–water partition coefficient (Wildman–Crippen LogP) is 2.54. The number of ether oxygens (including phenoxy) is 1. The second-order valence-corrected chi connectivity index (χ2v) is 6.05. The molecule has 2 fully saturated rings. The molecule has 2 aromatic rings. The maximum Gasteiger partial charge on any atom is 0.150 e. The lowest BCUT2D eigenvalue weighted by Gasteiger charge is -2.44. The van der Waals surface area contributed by atoms with E-state index >= 15 is 0 Å². The zero-order valence-corrected chi connectivity index (χ0v) is 13.1. The fourth-order valence-electron chi connectivity index (χ4n) is 3.17. The van der Waals surface area contributed by atoms with Crippen molar-refractivity contribution in [2.24, 2.45) is 0 Å². The summed E-state index contributed by atoms with van der Waals surface area (Å²) in [5, 5.41) is 3.23. The fraction of sp³-hybridized carbons (Fsp3) is 0.471. The van der Waals surface area contributed by atoms with Crippen LogP contribution in [0.5, 0.6) is 0 Å². The molecule has 6 nitrogen and oxygen atoms in total. The van der Waals surface area contributed by atoms with Crippen LogP contribution in [0.2, 0.25) is 0 Å². The zero-order chi connectivity index (χ0) is 15.5. The molecule has 1 saturated heterocycles. The predicted molar refractivity (Wildman–Crippen MR) is 87.5 cm³/mol. The Kier molecular flexibility index (Phi) is 4.17. The van der Waals surface area contributed by atoms with Gasteiger partial charge in [-0.2, -0.15) is 0 Å². The molecule has 120 valence electrons. The van der Waals surface area contributed by atoms with Gasteiger partial charge in [-0.15, -0.1) is 0 Å². The first-order valence-electron chi connectivity index (χ1n) is 8.24. The Bertz CT molecular complexity index is 646. The van der Waals surface area contributed by atoms with Gasteiger partial charge in [0.05, 0.1) is 19.3 Å². The van der Waals surface area contributed by atoms with E-state index in [0.29, 0.717) is 12.6 Å². The van der Waals surface area contributed by atoms with Crippen LogP contribution in [0.1, 0.15) is 31.1 Å². The number of pyridine rings is 1. The van der Waals surface area contributed by atoms with Gasteiger partial charge in [0.2, 0.25) is 0 Å². The lowest BCUT2D eigenvalue weighted by molar-refractivity contribution is -0.0496. The first-order valence-corrected chi connectivity index (χ1v) is 8.24. The smallest absolute Gasteiger partial charge is 0.150 e. The van der Waals surface area contributed by atoms with Gasteiger partial charge in [0.1, 0.15) is 17.5 Å². The van der Waals surface area contributed by atoms with Crippen molar-refractivity contribution in [3.05, 3.63) is 42.5 Å². The number of nitrogens with zero attached hydrogens (tertiary/aromatic N) is 4. The second-order valence-electron chi connectivity index (χ2n) is 6.05. The van der Waals surface area contributed by atoms with Crippen molar-refractivity contribution in [2.45, 2.75) is 31.3 Å². The topological polar surface area (TPSA) is 63.2 Å². The van der Waals surface area contributed by atoms with Crippen molar-refractivity contribution in [3.63, 3.8) is 0 Å². The zero-order valence-electron chi connectivity index (χ0n) is 13.1. The average Bonchev–Trinajstić information content (AvgIpc) is 2.55. The molecule has 1 aliphatic carbocycles. The summed E-state index contributed by atoms with van der Waals surface area (Å²) in [6, 6.07) is 8.46. The van der Waals surface area contributed by atoms with Crippen LogP contribution in [-0.4, -0.2) is 45.7 Å². The van der Waals surface area contributed by atoms with Crippen LogP contribution in [-0.2, 0) is 4.74 Å². The van der Waals surface area contributed by atoms with Gasteiger partial charge in [-0.1, -0.05) is 12.5 Å². The van der Waals surface area contributed by atoms with Gasteiger partial charge >= 0.3 is 0 Å². The molecule has 1 atom stereocenters. The minimum atomic E-state index is 0.152. The molecule has 1 N–H and O–H groups in total.